The Kier molecular flexibility index (Phi) is 6.78. The molecule has 0 bridgehead atoms. The summed E-state index contributed by atoms with van der Waals surface area (Å²) >= 11 is 4.76. The fourth-order valence-electron chi connectivity index (χ4n) is 2.32. The van der Waals surface area contributed by atoms with E-state index in [0.717, 1.165) is 20.8 Å². The van der Waals surface area contributed by atoms with Gasteiger partial charge in [0, 0.05) is 21.0 Å². The number of carbonyl (C=O) groups is 2. The number of carbonyl (C=O) groups excluding carboxylic acids is 2. The van der Waals surface area contributed by atoms with E-state index < -0.39 is 5.97 Å². The van der Waals surface area contributed by atoms with Crippen molar-refractivity contribution in [1.29, 1.82) is 0 Å². The zero-order chi connectivity index (χ0) is 19.9. The van der Waals surface area contributed by atoms with Crippen LogP contribution < -0.4 is 10.1 Å². The maximum absolute atomic E-state index is 12.0. The average molecular weight is 461 g/mol. The summed E-state index contributed by atoms with van der Waals surface area (Å²) in [6, 6.07) is 14.4. The SMILES string of the molecule is COc1cccc(-c2nc(COC(=O)CNC(=O)c3ccc(Br)cc3)cs2)c1. The second-order valence-electron chi connectivity index (χ2n) is 5.73. The van der Waals surface area contributed by atoms with Crippen molar-refractivity contribution in [3.63, 3.8) is 0 Å². The topological polar surface area (TPSA) is 77.5 Å². The summed E-state index contributed by atoms with van der Waals surface area (Å²) in [7, 11) is 1.61. The molecule has 1 aromatic heterocycles. The van der Waals surface area contributed by atoms with Crippen molar-refractivity contribution >= 4 is 39.1 Å². The Morgan fingerprint density at radius 1 is 1.18 bits per heavy atom. The number of hydrogen-bond donors (Lipinski definition) is 1. The van der Waals surface area contributed by atoms with Crippen LogP contribution in [0.15, 0.2) is 58.4 Å². The highest BCUT2D eigenvalue weighted by Gasteiger charge is 2.11. The minimum atomic E-state index is -0.526. The molecule has 0 radical (unpaired) electrons. The number of nitrogens with one attached hydrogen (secondary N) is 1. The van der Waals surface area contributed by atoms with Crippen molar-refractivity contribution < 1.29 is 19.1 Å². The number of benzene rings is 2. The Hall–Kier alpha value is -2.71. The first kappa shape index (κ1) is 20.0. The summed E-state index contributed by atoms with van der Waals surface area (Å²) in [5.41, 5.74) is 2.05. The number of methoxy groups -OCH3 is 1. The minimum Gasteiger partial charge on any atom is -0.497 e. The fraction of sp³-hybridized carbons (Fsp3) is 0.150. The Bertz CT molecular complexity index is 972. The number of hydrogen-bond acceptors (Lipinski definition) is 6. The molecular formula is C20H17BrN2O4S. The molecule has 0 aliphatic rings. The minimum absolute atomic E-state index is 0.0491. The predicted octanol–water partition coefficient (Wildman–Crippen LogP) is 4.05. The van der Waals surface area contributed by atoms with E-state index in [1.54, 1.807) is 31.4 Å². The number of nitrogens with zero attached hydrogens (tertiary/aromatic N) is 1. The molecular weight excluding hydrogens is 444 g/mol. The third kappa shape index (κ3) is 5.40. The van der Waals surface area contributed by atoms with E-state index in [1.165, 1.54) is 11.3 Å². The van der Waals surface area contributed by atoms with Crippen LogP contribution in [0.2, 0.25) is 0 Å². The monoisotopic (exact) mass is 460 g/mol. The molecule has 3 rings (SSSR count). The third-order valence-corrected chi connectivity index (χ3v) is 5.22. The lowest BCUT2D eigenvalue weighted by molar-refractivity contribution is -0.143. The summed E-state index contributed by atoms with van der Waals surface area (Å²) in [4.78, 5) is 28.3. The number of halogens is 1. The molecule has 28 heavy (non-hydrogen) atoms. The zero-order valence-corrected chi connectivity index (χ0v) is 17.4. The van der Waals surface area contributed by atoms with Crippen LogP contribution >= 0.6 is 27.3 Å². The Morgan fingerprint density at radius 3 is 2.71 bits per heavy atom. The lowest BCUT2D eigenvalue weighted by atomic mass is 10.2. The van der Waals surface area contributed by atoms with E-state index in [1.807, 2.05) is 29.6 Å². The zero-order valence-electron chi connectivity index (χ0n) is 15.0. The molecule has 0 aliphatic carbocycles. The smallest absolute Gasteiger partial charge is 0.325 e. The van der Waals surface area contributed by atoms with Crippen LogP contribution in [-0.2, 0) is 16.1 Å². The van der Waals surface area contributed by atoms with E-state index in [9.17, 15) is 9.59 Å². The number of rotatable bonds is 7. The quantitative estimate of drug-likeness (QED) is 0.538. The molecule has 8 heteroatoms. The first-order valence-electron chi connectivity index (χ1n) is 8.33. The van der Waals surface area contributed by atoms with Crippen LogP contribution in [0.3, 0.4) is 0 Å². The Labute approximate surface area is 174 Å². The molecule has 0 saturated carbocycles. The van der Waals surface area contributed by atoms with Gasteiger partial charge in [0.2, 0.25) is 0 Å². The molecule has 1 heterocycles. The van der Waals surface area contributed by atoms with Crippen molar-refractivity contribution in [3.8, 4) is 16.3 Å². The molecule has 0 atom stereocenters. The molecule has 0 fully saturated rings. The predicted molar refractivity (Wildman–Crippen MR) is 110 cm³/mol. The lowest BCUT2D eigenvalue weighted by Crippen LogP contribution is -2.30. The van der Waals surface area contributed by atoms with E-state index in [2.05, 4.69) is 26.2 Å². The molecule has 0 unspecified atom stereocenters. The van der Waals surface area contributed by atoms with E-state index in [0.29, 0.717) is 11.3 Å². The standard InChI is InChI=1S/C20H17BrN2O4S/c1-26-17-4-2-3-14(9-17)20-23-16(12-28-20)11-27-18(24)10-22-19(25)13-5-7-15(21)8-6-13/h2-9,12H,10-11H2,1H3,(H,22,25). The lowest BCUT2D eigenvalue weighted by Gasteiger charge is -2.06. The van der Waals surface area contributed by atoms with Gasteiger partial charge in [-0.2, -0.15) is 0 Å². The highest BCUT2D eigenvalue weighted by atomic mass is 79.9. The van der Waals surface area contributed by atoms with Crippen molar-refractivity contribution in [2.45, 2.75) is 6.61 Å². The van der Waals surface area contributed by atoms with Crippen molar-refractivity contribution in [3.05, 3.63) is 69.6 Å². The Balaban J connectivity index is 1.49. The number of ether oxygens (including phenoxy) is 2. The van der Waals surface area contributed by atoms with Gasteiger partial charge in [-0.05, 0) is 36.4 Å². The summed E-state index contributed by atoms with van der Waals surface area (Å²) in [6.45, 7) is -0.158. The average Bonchev–Trinajstić information content (AvgIpc) is 3.20. The Morgan fingerprint density at radius 2 is 1.96 bits per heavy atom. The van der Waals surface area contributed by atoms with Gasteiger partial charge in [0.15, 0.2) is 0 Å². The van der Waals surface area contributed by atoms with Gasteiger partial charge in [-0.3, -0.25) is 9.59 Å². The van der Waals surface area contributed by atoms with E-state index in [4.69, 9.17) is 9.47 Å². The second-order valence-corrected chi connectivity index (χ2v) is 7.50. The van der Waals surface area contributed by atoms with Crippen LogP contribution in [0, 0.1) is 0 Å². The van der Waals surface area contributed by atoms with E-state index in [-0.39, 0.29) is 19.1 Å². The molecule has 0 spiro atoms. The van der Waals surface area contributed by atoms with Gasteiger partial charge in [0.25, 0.3) is 5.91 Å². The molecule has 0 aliphatic heterocycles. The van der Waals surface area contributed by atoms with Crippen LogP contribution in [0.25, 0.3) is 10.6 Å². The normalized spacial score (nSPS) is 10.4. The third-order valence-electron chi connectivity index (χ3n) is 3.75. The number of aromatic nitrogens is 1. The maximum Gasteiger partial charge on any atom is 0.325 e. The van der Waals surface area contributed by atoms with Gasteiger partial charge < -0.3 is 14.8 Å². The highest BCUT2D eigenvalue weighted by Crippen LogP contribution is 2.27. The largest absolute Gasteiger partial charge is 0.497 e. The molecule has 1 N–H and O–H groups in total. The van der Waals surface area contributed by atoms with Gasteiger partial charge in [-0.1, -0.05) is 28.1 Å². The molecule has 6 nitrogen and oxygen atoms in total. The van der Waals surface area contributed by atoms with Crippen LogP contribution in [0.1, 0.15) is 16.1 Å². The van der Waals surface area contributed by atoms with Crippen LogP contribution in [-0.4, -0.2) is 30.5 Å². The number of amides is 1. The summed E-state index contributed by atoms with van der Waals surface area (Å²) in [5.74, 6) is -0.109. The first-order chi connectivity index (χ1) is 13.5. The molecule has 3 aromatic rings. The number of thiazole rings is 1. The second kappa shape index (κ2) is 9.48. The summed E-state index contributed by atoms with van der Waals surface area (Å²) in [5, 5.41) is 5.19. The van der Waals surface area contributed by atoms with Crippen molar-refractivity contribution in [2.24, 2.45) is 0 Å². The van der Waals surface area contributed by atoms with Crippen LogP contribution in [0.5, 0.6) is 5.75 Å². The van der Waals surface area contributed by atoms with Gasteiger partial charge >= 0.3 is 5.97 Å². The molecule has 1 amide bonds. The number of esters is 1. The van der Waals surface area contributed by atoms with Crippen LogP contribution in [0.4, 0.5) is 0 Å². The summed E-state index contributed by atoms with van der Waals surface area (Å²) in [6.07, 6.45) is 0. The molecule has 0 saturated heterocycles. The van der Waals surface area contributed by atoms with Gasteiger partial charge in [-0.25, -0.2) is 4.98 Å². The van der Waals surface area contributed by atoms with Crippen molar-refractivity contribution in [2.75, 3.05) is 13.7 Å². The molecule has 2 aromatic carbocycles. The van der Waals surface area contributed by atoms with Gasteiger partial charge in [0.1, 0.15) is 23.9 Å². The maximum atomic E-state index is 12.0. The summed E-state index contributed by atoms with van der Waals surface area (Å²) < 4.78 is 11.3. The highest BCUT2D eigenvalue weighted by molar-refractivity contribution is 9.10. The first-order valence-corrected chi connectivity index (χ1v) is 10.0. The van der Waals surface area contributed by atoms with Crippen molar-refractivity contribution in [1.82, 2.24) is 10.3 Å². The molecule has 144 valence electrons. The van der Waals surface area contributed by atoms with E-state index >= 15 is 0 Å². The van der Waals surface area contributed by atoms with Gasteiger partial charge in [0.05, 0.1) is 12.8 Å². The fourth-order valence-corrected chi connectivity index (χ4v) is 3.39. The van der Waals surface area contributed by atoms with Gasteiger partial charge in [-0.15, -0.1) is 11.3 Å².